The fourth-order valence-electron chi connectivity index (χ4n) is 3.41. The van der Waals surface area contributed by atoms with Crippen molar-refractivity contribution in [3.05, 3.63) is 0 Å². The summed E-state index contributed by atoms with van der Waals surface area (Å²) in [5.74, 6) is -1.17. The summed E-state index contributed by atoms with van der Waals surface area (Å²) >= 11 is 0. The molecule has 1 atom stereocenters. The van der Waals surface area contributed by atoms with Crippen molar-refractivity contribution in [2.24, 2.45) is 0 Å². The molecule has 1 aliphatic heterocycles. The maximum Gasteiger partial charge on any atom is 0.411 e. The van der Waals surface area contributed by atoms with E-state index in [9.17, 15) is 14.7 Å². The molecule has 0 N–H and O–H groups in total. The number of likely N-dealkylation sites (tertiary alicyclic amines) is 1. The molecule has 1 heterocycles. The zero-order valence-corrected chi connectivity index (χ0v) is 12.6. The summed E-state index contributed by atoms with van der Waals surface area (Å²) in [5, 5.41) is 11.3. The van der Waals surface area contributed by atoms with Crippen LogP contribution in [0.3, 0.4) is 0 Å². The summed E-state index contributed by atoms with van der Waals surface area (Å²) in [6.07, 6.45) is 5.25. The van der Waals surface area contributed by atoms with Crippen LogP contribution in [0.5, 0.6) is 0 Å². The van der Waals surface area contributed by atoms with Crippen LogP contribution in [-0.2, 0) is 9.53 Å². The highest BCUT2D eigenvalue weighted by Gasteiger charge is 2.51. The van der Waals surface area contributed by atoms with Crippen molar-refractivity contribution >= 4 is 12.1 Å². The third-order valence-electron chi connectivity index (χ3n) is 4.92. The minimum Gasteiger partial charge on any atom is -0.548 e. The summed E-state index contributed by atoms with van der Waals surface area (Å²) in [6, 6.07) is -0.840. The van der Waals surface area contributed by atoms with Gasteiger partial charge < -0.3 is 14.6 Å². The first-order valence-corrected chi connectivity index (χ1v) is 7.54. The molecule has 5 heteroatoms. The first-order valence-electron chi connectivity index (χ1n) is 7.54. The topological polar surface area (TPSA) is 69.7 Å². The Morgan fingerprint density at radius 3 is 2.40 bits per heavy atom. The average molecular weight is 282 g/mol. The predicted octanol–water partition coefficient (Wildman–Crippen LogP) is 1.84. The Kier molecular flexibility index (Phi) is 3.98. The van der Waals surface area contributed by atoms with E-state index in [-0.39, 0.29) is 5.54 Å². The van der Waals surface area contributed by atoms with Crippen LogP contribution >= 0.6 is 0 Å². The van der Waals surface area contributed by atoms with Crippen LogP contribution in [0.25, 0.3) is 0 Å². The van der Waals surface area contributed by atoms with Crippen LogP contribution in [0.4, 0.5) is 4.79 Å². The molecule has 0 bridgehead atoms. The van der Waals surface area contributed by atoms with Gasteiger partial charge in [0.25, 0.3) is 0 Å². The lowest BCUT2D eigenvalue weighted by molar-refractivity contribution is -0.311. The van der Waals surface area contributed by atoms with Crippen LogP contribution in [0.2, 0.25) is 0 Å². The Hall–Kier alpha value is -1.26. The highest BCUT2D eigenvalue weighted by Crippen LogP contribution is 2.46. The second kappa shape index (κ2) is 5.26. The molecular formula is C15H24NO4-. The van der Waals surface area contributed by atoms with E-state index in [0.29, 0.717) is 12.8 Å². The number of ether oxygens (including phenoxy) is 1. The molecule has 0 aromatic heterocycles. The van der Waals surface area contributed by atoms with Gasteiger partial charge in [0.1, 0.15) is 5.60 Å². The van der Waals surface area contributed by atoms with Gasteiger partial charge in [-0.25, -0.2) is 4.79 Å². The first-order chi connectivity index (χ1) is 9.31. The van der Waals surface area contributed by atoms with E-state index >= 15 is 0 Å². The number of hydrogen-bond acceptors (Lipinski definition) is 4. The molecule has 0 aromatic carbocycles. The maximum absolute atomic E-state index is 12.5. The van der Waals surface area contributed by atoms with Crippen molar-refractivity contribution in [2.75, 3.05) is 0 Å². The quantitative estimate of drug-likeness (QED) is 0.792. The van der Waals surface area contributed by atoms with Gasteiger partial charge in [0.05, 0.1) is 12.0 Å². The molecule has 5 nitrogen and oxygen atoms in total. The lowest BCUT2D eigenvalue weighted by atomic mass is 9.94. The van der Waals surface area contributed by atoms with Crippen molar-refractivity contribution in [2.45, 2.75) is 82.9 Å². The normalized spacial score (nSPS) is 25.1. The third-order valence-corrected chi connectivity index (χ3v) is 4.92. The molecule has 1 saturated carbocycles. The summed E-state index contributed by atoms with van der Waals surface area (Å²) < 4.78 is 5.53. The van der Waals surface area contributed by atoms with Gasteiger partial charge >= 0.3 is 6.09 Å². The molecule has 0 aromatic rings. The van der Waals surface area contributed by atoms with E-state index in [1.54, 1.807) is 0 Å². The highest BCUT2D eigenvalue weighted by atomic mass is 16.6. The number of nitrogens with zero attached hydrogens (tertiary/aromatic N) is 1. The largest absolute Gasteiger partial charge is 0.548 e. The van der Waals surface area contributed by atoms with Crippen LogP contribution < -0.4 is 5.11 Å². The van der Waals surface area contributed by atoms with E-state index in [4.69, 9.17) is 4.74 Å². The van der Waals surface area contributed by atoms with Gasteiger partial charge in [0.15, 0.2) is 0 Å². The molecular weight excluding hydrogens is 258 g/mol. The van der Waals surface area contributed by atoms with Gasteiger partial charge in [-0.3, -0.25) is 4.90 Å². The SMILES string of the molecule is CCC(C)(C)OC(=O)N1C(C(=O)[O-])CCC12CCCC2. The molecule has 1 amide bonds. The summed E-state index contributed by atoms with van der Waals surface area (Å²) in [4.78, 5) is 25.3. The summed E-state index contributed by atoms with van der Waals surface area (Å²) in [7, 11) is 0. The molecule has 1 unspecified atom stereocenters. The second-order valence-electron chi connectivity index (χ2n) is 6.66. The van der Waals surface area contributed by atoms with Gasteiger partial charge in [-0.05, 0) is 46.0 Å². The molecule has 1 aliphatic carbocycles. The van der Waals surface area contributed by atoms with E-state index in [2.05, 4.69) is 0 Å². The van der Waals surface area contributed by atoms with E-state index < -0.39 is 23.7 Å². The molecule has 2 aliphatic rings. The lowest BCUT2D eigenvalue weighted by Gasteiger charge is -2.40. The molecule has 114 valence electrons. The van der Waals surface area contributed by atoms with Gasteiger partial charge in [0, 0.05) is 5.54 Å². The first kappa shape index (κ1) is 15.1. The predicted molar refractivity (Wildman–Crippen MR) is 71.9 cm³/mol. The van der Waals surface area contributed by atoms with Crippen molar-refractivity contribution < 1.29 is 19.4 Å². The van der Waals surface area contributed by atoms with E-state index in [0.717, 1.165) is 32.1 Å². The zero-order valence-electron chi connectivity index (χ0n) is 12.6. The minimum atomic E-state index is -1.17. The van der Waals surface area contributed by atoms with Gasteiger partial charge in [0.2, 0.25) is 0 Å². The van der Waals surface area contributed by atoms with Gasteiger partial charge in [-0.2, -0.15) is 0 Å². The number of carbonyl (C=O) groups is 2. The molecule has 20 heavy (non-hydrogen) atoms. The van der Waals surface area contributed by atoms with Crippen molar-refractivity contribution in [3.63, 3.8) is 0 Å². The molecule has 1 saturated heterocycles. The van der Waals surface area contributed by atoms with Crippen LogP contribution in [-0.4, -0.2) is 34.1 Å². The van der Waals surface area contributed by atoms with Crippen LogP contribution in [0.15, 0.2) is 0 Å². The third kappa shape index (κ3) is 2.63. The van der Waals surface area contributed by atoms with Crippen molar-refractivity contribution in [3.8, 4) is 0 Å². The standard InChI is InChI=1S/C15H25NO4/c1-4-14(2,3)20-13(19)16-11(12(17)18)7-10-15(16)8-5-6-9-15/h11H,4-10H2,1-3H3,(H,17,18)/p-1. The minimum absolute atomic E-state index is 0.314. The number of carbonyl (C=O) groups excluding carboxylic acids is 2. The van der Waals surface area contributed by atoms with Crippen LogP contribution in [0.1, 0.15) is 65.7 Å². The molecule has 2 rings (SSSR count). The zero-order chi connectivity index (χ0) is 15.0. The average Bonchev–Trinajstić information content (AvgIpc) is 2.97. The van der Waals surface area contributed by atoms with Gasteiger partial charge in [-0.15, -0.1) is 0 Å². The Bertz CT molecular complexity index is 399. The lowest BCUT2D eigenvalue weighted by Crippen LogP contribution is -2.55. The Balaban J connectivity index is 2.22. The number of carboxylic acid groups (broad SMARTS) is 1. The molecule has 2 fully saturated rings. The molecule has 1 spiro atoms. The highest BCUT2D eigenvalue weighted by molar-refractivity contribution is 5.80. The number of hydrogen-bond donors (Lipinski definition) is 0. The van der Waals surface area contributed by atoms with Crippen molar-refractivity contribution in [1.29, 1.82) is 0 Å². The van der Waals surface area contributed by atoms with E-state index in [1.807, 2.05) is 20.8 Å². The second-order valence-corrected chi connectivity index (χ2v) is 6.66. The fourth-order valence-corrected chi connectivity index (χ4v) is 3.41. The van der Waals surface area contributed by atoms with Crippen LogP contribution in [0, 0.1) is 0 Å². The Morgan fingerprint density at radius 1 is 1.30 bits per heavy atom. The summed E-state index contributed by atoms with van der Waals surface area (Å²) in [5.41, 5.74) is -0.887. The number of aliphatic carboxylic acids is 1. The smallest absolute Gasteiger partial charge is 0.411 e. The summed E-state index contributed by atoms with van der Waals surface area (Å²) in [6.45, 7) is 5.63. The fraction of sp³-hybridized carbons (Fsp3) is 0.867. The van der Waals surface area contributed by atoms with Gasteiger partial charge in [-0.1, -0.05) is 19.8 Å². The number of carboxylic acids is 1. The Morgan fingerprint density at radius 2 is 1.90 bits per heavy atom. The number of rotatable bonds is 3. The van der Waals surface area contributed by atoms with E-state index in [1.165, 1.54) is 4.90 Å². The Labute approximate surface area is 120 Å². The monoisotopic (exact) mass is 282 g/mol. The number of amides is 1. The maximum atomic E-state index is 12.5. The van der Waals surface area contributed by atoms with Crippen molar-refractivity contribution in [1.82, 2.24) is 4.90 Å². The molecule has 0 radical (unpaired) electrons.